The summed E-state index contributed by atoms with van der Waals surface area (Å²) in [6, 6.07) is 0. The first kappa shape index (κ1) is 11.5. The first-order valence-electron chi connectivity index (χ1n) is 3.32. The van der Waals surface area contributed by atoms with Gasteiger partial charge in [-0.05, 0) is 11.3 Å². The number of hydrogen-bond acceptors (Lipinski definition) is 4. The Kier molecular flexibility index (Phi) is 4.30. The van der Waals surface area contributed by atoms with Crippen molar-refractivity contribution in [3.63, 3.8) is 0 Å². The van der Waals surface area contributed by atoms with Crippen molar-refractivity contribution in [1.29, 1.82) is 0 Å². The van der Waals surface area contributed by atoms with Gasteiger partial charge in [-0.25, -0.2) is 0 Å². The average Bonchev–Trinajstić information content (AvgIpc) is 2.19. The molecule has 4 nitrogen and oxygen atoms in total. The van der Waals surface area contributed by atoms with Crippen LogP contribution in [-0.2, 0) is 6.42 Å². The second-order valence-corrected chi connectivity index (χ2v) is 3.41. The van der Waals surface area contributed by atoms with E-state index < -0.39 is 0 Å². The lowest BCUT2D eigenvalue weighted by Gasteiger charge is -1.91. The first-order chi connectivity index (χ1) is 5.16. The summed E-state index contributed by atoms with van der Waals surface area (Å²) in [5.74, 6) is 5.55. The fourth-order valence-electron chi connectivity index (χ4n) is 0.882. The molecule has 5 N–H and O–H groups in total. The van der Waals surface area contributed by atoms with Crippen molar-refractivity contribution in [1.82, 2.24) is 0 Å². The molecule has 0 aromatic carbocycles. The summed E-state index contributed by atoms with van der Waals surface area (Å²) in [5.41, 5.74) is 6.48. The summed E-state index contributed by atoms with van der Waals surface area (Å²) in [6.45, 7) is 2.03. The van der Waals surface area contributed by atoms with Gasteiger partial charge in [-0.1, -0.05) is 0 Å². The molecule has 0 aliphatic heterocycles. The Bertz CT molecular complexity index is 264. The summed E-state index contributed by atoms with van der Waals surface area (Å²) in [5, 5.41) is 9.24. The number of halogens is 1. The molecule has 0 atom stereocenters. The van der Waals surface area contributed by atoms with E-state index in [1.165, 1.54) is 16.0 Å². The molecular weight excluding hydrogens is 198 g/mol. The third-order valence-electron chi connectivity index (χ3n) is 1.57. The molecular formula is C6H12ClN3OS. The highest BCUT2D eigenvalue weighted by Crippen LogP contribution is 2.16. The number of rotatable bonds is 2. The van der Waals surface area contributed by atoms with E-state index in [1.54, 1.807) is 0 Å². The first-order valence-corrected chi connectivity index (χ1v) is 4.14. The lowest BCUT2D eigenvalue weighted by atomic mass is 10.3. The minimum Gasteiger partial charge on any atom is -1.00 e. The standard InChI is InChI=1S/C6H11N3OS.ClH/c1-4-5(2-3-10)11-6(7)9(4)8;/h7,10H,2-3,8H2,1H3;1H. The number of hydrogen-bond donors (Lipinski definition) is 3. The molecule has 1 rings (SSSR count). The van der Waals surface area contributed by atoms with Crippen LogP contribution in [0.3, 0.4) is 0 Å². The average molecular weight is 210 g/mol. The van der Waals surface area contributed by atoms with Crippen molar-refractivity contribution in [3.8, 4) is 0 Å². The maximum atomic E-state index is 8.66. The summed E-state index contributed by atoms with van der Waals surface area (Å²) in [6.07, 6.45) is 0.630. The van der Waals surface area contributed by atoms with Crippen LogP contribution in [0.25, 0.3) is 0 Å². The number of anilines is 1. The number of aliphatic hydroxyl groups excluding tert-OH is 1. The zero-order chi connectivity index (χ0) is 8.43. The SMILES string of the molecule is Cc1c(CCO)sc(N)[n+]1N.[Cl-]. The van der Waals surface area contributed by atoms with Crippen molar-refractivity contribution < 1.29 is 22.2 Å². The van der Waals surface area contributed by atoms with Crippen molar-refractivity contribution in [2.24, 2.45) is 0 Å². The van der Waals surface area contributed by atoms with Crippen LogP contribution in [0, 0.1) is 6.92 Å². The summed E-state index contributed by atoms with van der Waals surface area (Å²) in [7, 11) is 0. The number of nitrogens with two attached hydrogens (primary N) is 2. The number of thiazole rings is 1. The Labute approximate surface area is 81.2 Å². The van der Waals surface area contributed by atoms with Crippen molar-refractivity contribution in [3.05, 3.63) is 10.6 Å². The van der Waals surface area contributed by atoms with Crippen LogP contribution in [0.1, 0.15) is 10.6 Å². The van der Waals surface area contributed by atoms with E-state index in [2.05, 4.69) is 0 Å². The molecule has 0 aliphatic carbocycles. The number of nitrogens with zero attached hydrogens (tertiary/aromatic N) is 1. The zero-order valence-electron chi connectivity index (χ0n) is 6.75. The maximum absolute atomic E-state index is 8.66. The number of nitrogen functional groups attached to an aromatic ring is 2. The molecule has 70 valence electrons. The second kappa shape index (κ2) is 4.49. The van der Waals surface area contributed by atoms with Gasteiger partial charge in [0, 0.05) is 20.0 Å². The van der Waals surface area contributed by atoms with Gasteiger partial charge in [-0.2, -0.15) is 0 Å². The number of aromatic nitrogens is 1. The van der Waals surface area contributed by atoms with Gasteiger partial charge >= 0.3 is 5.13 Å². The molecule has 0 radical (unpaired) electrons. The minimum absolute atomic E-state index is 0. The van der Waals surface area contributed by atoms with Gasteiger partial charge in [0.15, 0.2) is 0 Å². The Morgan fingerprint density at radius 2 is 2.17 bits per heavy atom. The molecule has 0 unspecified atom stereocenters. The quantitative estimate of drug-likeness (QED) is 0.345. The van der Waals surface area contributed by atoms with Gasteiger partial charge in [-0.15, -0.1) is 4.68 Å². The highest BCUT2D eigenvalue weighted by atomic mass is 35.5. The van der Waals surface area contributed by atoms with E-state index >= 15 is 0 Å². The van der Waals surface area contributed by atoms with Crippen LogP contribution in [0.2, 0.25) is 0 Å². The summed E-state index contributed by atoms with van der Waals surface area (Å²) in [4.78, 5) is 1.05. The van der Waals surface area contributed by atoms with Crippen LogP contribution in [0.4, 0.5) is 5.13 Å². The van der Waals surface area contributed by atoms with Gasteiger partial charge in [0.05, 0.1) is 4.88 Å². The molecule has 0 saturated heterocycles. The molecule has 0 aliphatic rings. The van der Waals surface area contributed by atoms with Crippen LogP contribution in [-0.4, -0.2) is 11.7 Å². The van der Waals surface area contributed by atoms with Crippen LogP contribution >= 0.6 is 11.3 Å². The maximum Gasteiger partial charge on any atom is 0.355 e. The Morgan fingerprint density at radius 3 is 2.50 bits per heavy atom. The topological polar surface area (TPSA) is 76.2 Å². The fourth-order valence-corrected chi connectivity index (χ4v) is 1.81. The molecule has 1 aromatic heterocycles. The van der Waals surface area contributed by atoms with Crippen LogP contribution in [0.15, 0.2) is 0 Å². The van der Waals surface area contributed by atoms with Gasteiger partial charge in [0.25, 0.3) is 0 Å². The second-order valence-electron chi connectivity index (χ2n) is 2.29. The minimum atomic E-state index is 0. The molecule has 1 heterocycles. The van der Waals surface area contributed by atoms with Crippen molar-refractivity contribution in [2.45, 2.75) is 13.3 Å². The molecule has 1 aromatic rings. The molecule has 12 heavy (non-hydrogen) atoms. The molecule has 0 spiro atoms. The highest BCUT2D eigenvalue weighted by molar-refractivity contribution is 7.15. The molecule has 0 fully saturated rings. The van der Waals surface area contributed by atoms with E-state index in [9.17, 15) is 0 Å². The Balaban J connectivity index is 0.00000121. The van der Waals surface area contributed by atoms with Crippen LogP contribution < -0.4 is 28.7 Å². The monoisotopic (exact) mass is 209 g/mol. The largest absolute Gasteiger partial charge is 1.00 e. The van der Waals surface area contributed by atoms with E-state index in [-0.39, 0.29) is 19.0 Å². The van der Waals surface area contributed by atoms with E-state index in [0.717, 1.165) is 10.6 Å². The Hall–Kier alpha value is -0.520. The molecule has 0 bridgehead atoms. The molecule has 0 amide bonds. The van der Waals surface area contributed by atoms with E-state index in [1.807, 2.05) is 6.92 Å². The van der Waals surface area contributed by atoms with Gasteiger partial charge < -0.3 is 17.5 Å². The molecule has 0 saturated carbocycles. The highest BCUT2D eigenvalue weighted by Gasteiger charge is 2.14. The summed E-state index contributed by atoms with van der Waals surface area (Å²) < 4.78 is 1.44. The normalized spacial score (nSPS) is 9.50. The summed E-state index contributed by atoms with van der Waals surface area (Å²) >= 11 is 1.42. The predicted octanol–water partition coefficient (Wildman–Crippen LogP) is -3.82. The number of aliphatic hydroxyl groups is 1. The zero-order valence-corrected chi connectivity index (χ0v) is 8.32. The van der Waals surface area contributed by atoms with Gasteiger partial charge in [-0.3, -0.25) is 11.6 Å². The van der Waals surface area contributed by atoms with Crippen molar-refractivity contribution in [2.75, 3.05) is 18.2 Å². The van der Waals surface area contributed by atoms with Gasteiger partial charge in [0.1, 0.15) is 5.69 Å². The van der Waals surface area contributed by atoms with E-state index in [0.29, 0.717) is 11.6 Å². The lowest BCUT2D eigenvalue weighted by Crippen LogP contribution is -3.00. The smallest absolute Gasteiger partial charge is 0.355 e. The van der Waals surface area contributed by atoms with E-state index in [4.69, 9.17) is 16.7 Å². The Morgan fingerprint density at radius 1 is 1.58 bits per heavy atom. The van der Waals surface area contributed by atoms with Gasteiger partial charge in [0.2, 0.25) is 0 Å². The van der Waals surface area contributed by atoms with Crippen molar-refractivity contribution >= 4 is 16.5 Å². The van der Waals surface area contributed by atoms with Crippen LogP contribution in [0.5, 0.6) is 0 Å². The lowest BCUT2D eigenvalue weighted by molar-refractivity contribution is -0.626. The third kappa shape index (κ3) is 2.00. The third-order valence-corrected chi connectivity index (χ3v) is 2.72. The fraction of sp³-hybridized carbons (Fsp3) is 0.500. The predicted molar refractivity (Wildman–Crippen MR) is 44.6 cm³/mol. The molecule has 6 heteroatoms.